The molecule has 5 nitrogen and oxygen atoms in total. The van der Waals surface area contributed by atoms with Gasteiger partial charge in [0.2, 0.25) is 0 Å². The van der Waals surface area contributed by atoms with Gasteiger partial charge in [0.1, 0.15) is 18.5 Å². The summed E-state index contributed by atoms with van der Waals surface area (Å²) >= 11 is 5.82. The standard InChI is InChI=1S/C13H17ClO5/c1-8-5-10(14)3-4-12(8)19-9(2)13(17)18-7-11(16)6-15/h3-5,9,11,15-16H,6-7H2,1-2H3/t9-,11?/m1/s1. The maximum atomic E-state index is 11.6. The summed E-state index contributed by atoms with van der Waals surface area (Å²) in [5.41, 5.74) is 0.808. The molecule has 0 amide bonds. The second kappa shape index (κ2) is 7.33. The SMILES string of the molecule is Cc1cc(Cl)ccc1O[C@H](C)C(=O)OCC(O)CO. The first-order chi connectivity index (χ1) is 8.93. The van der Waals surface area contributed by atoms with Crippen molar-refractivity contribution >= 4 is 17.6 Å². The second-order valence-electron chi connectivity index (χ2n) is 4.14. The molecule has 6 heteroatoms. The van der Waals surface area contributed by atoms with Crippen LogP contribution in [0.25, 0.3) is 0 Å². The average Bonchev–Trinajstić information content (AvgIpc) is 2.38. The molecule has 1 rings (SSSR count). The van der Waals surface area contributed by atoms with Gasteiger partial charge in [-0.2, -0.15) is 0 Å². The molecule has 0 saturated carbocycles. The fraction of sp³-hybridized carbons (Fsp3) is 0.462. The van der Waals surface area contributed by atoms with Gasteiger partial charge in [0.05, 0.1) is 6.61 Å². The van der Waals surface area contributed by atoms with Crippen LogP contribution < -0.4 is 4.74 Å². The maximum Gasteiger partial charge on any atom is 0.347 e. The fourth-order valence-corrected chi connectivity index (χ4v) is 1.56. The lowest BCUT2D eigenvalue weighted by molar-refractivity contribution is -0.154. The van der Waals surface area contributed by atoms with Crippen LogP contribution in [0, 0.1) is 6.92 Å². The first-order valence-electron chi connectivity index (χ1n) is 5.82. The third-order valence-electron chi connectivity index (χ3n) is 2.40. The third-order valence-corrected chi connectivity index (χ3v) is 2.64. The minimum atomic E-state index is -1.08. The minimum absolute atomic E-state index is 0.261. The van der Waals surface area contributed by atoms with Crippen LogP contribution in [0.4, 0.5) is 0 Å². The zero-order valence-corrected chi connectivity index (χ0v) is 11.6. The Bertz CT molecular complexity index is 435. The summed E-state index contributed by atoms with van der Waals surface area (Å²) in [5.74, 6) is -0.0709. The van der Waals surface area contributed by atoms with Crippen LogP contribution in [0.3, 0.4) is 0 Å². The van der Waals surface area contributed by atoms with Gasteiger partial charge in [-0.15, -0.1) is 0 Å². The molecule has 0 saturated heterocycles. The molecular formula is C13H17ClO5. The van der Waals surface area contributed by atoms with E-state index in [2.05, 4.69) is 0 Å². The van der Waals surface area contributed by atoms with E-state index in [9.17, 15) is 4.79 Å². The van der Waals surface area contributed by atoms with Gasteiger partial charge in [-0.05, 0) is 37.6 Å². The lowest BCUT2D eigenvalue weighted by Crippen LogP contribution is -2.30. The van der Waals surface area contributed by atoms with Crippen molar-refractivity contribution in [3.05, 3.63) is 28.8 Å². The van der Waals surface area contributed by atoms with Crippen molar-refractivity contribution in [2.75, 3.05) is 13.2 Å². The lowest BCUT2D eigenvalue weighted by atomic mass is 10.2. The number of hydrogen-bond acceptors (Lipinski definition) is 5. The van der Waals surface area contributed by atoms with Gasteiger partial charge in [0.15, 0.2) is 6.10 Å². The van der Waals surface area contributed by atoms with E-state index in [1.165, 1.54) is 0 Å². The molecule has 1 unspecified atom stereocenters. The largest absolute Gasteiger partial charge is 0.479 e. The molecule has 1 aromatic carbocycles. The number of carbonyl (C=O) groups excluding carboxylic acids is 1. The highest BCUT2D eigenvalue weighted by Crippen LogP contribution is 2.22. The van der Waals surface area contributed by atoms with E-state index in [0.29, 0.717) is 10.8 Å². The van der Waals surface area contributed by atoms with Crippen LogP contribution in [0.1, 0.15) is 12.5 Å². The van der Waals surface area contributed by atoms with E-state index in [0.717, 1.165) is 5.56 Å². The van der Waals surface area contributed by atoms with Gasteiger partial charge in [0, 0.05) is 5.02 Å². The predicted octanol–water partition coefficient (Wildman–Crippen LogP) is 1.31. The van der Waals surface area contributed by atoms with Crippen LogP contribution in [-0.4, -0.2) is 41.6 Å². The van der Waals surface area contributed by atoms with E-state index < -0.39 is 24.8 Å². The van der Waals surface area contributed by atoms with Crippen molar-refractivity contribution in [2.24, 2.45) is 0 Å². The number of benzene rings is 1. The summed E-state index contributed by atoms with van der Waals surface area (Å²) in [4.78, 5) is 11.6. The number of carbonyl (C=O) groups is 1. The first kappa shape index (κ1) is 15.8. The molecule has 0 aliphatic carbocycles. The molecular weight excluding hydrogens is 272 g/mol. The monoisotopic (exact) mass is 288 g/mol. The molecule has 0 aliphatic rings. The Morgan fingerprint density at radius 3 is 2.74 bits per heavy atom. The highest BCUT2D eigenvalue weighted by molar-refractivity contribution is 6.30. The average molecular weight is 289 g/mol. The van der Waals surface area contributed by atoms with Crippen molar-refractivity contribution in [3.63, 3.8) is 0 Å². The van der Waals surface area contributed by atoms with Crippen molar-refractivity contribution in [1.29, 1.82) is 0 Å². The number of aryl methyl sites for hydroxylation is 1. The lowest BCUT2D eigenvalue weighted by Gasteiger charge is -2.16. The normalized spacial score (nSPS) is 13.7. The van der Waals surface area contributed by atoms with Gasteiger partial charge >= 0.3 is 5.97 Å². The molecule has 2 atom stereocenters. The number of ether oxygens (including phenoxy) is 2. The van der Waals surface area contributed by atoms with Crippen molar-refractivity contribution in [2.45, 2.75) is 26.1 Å². The number of halogens is 1. The van der Waals surface area contributed by atoms with Gasteiger partial charge in [-0.25, -0.2) is 4.79 Å². The molecule has 0 fully saturated rings. The molecule has 2 N–H and O–H groups in total. The zero-order valence-electron chi connectivity index (χ0n) is 10.8. The molecule has 0 bridgehead atoms. The Morgan fingerprint density at radius 2 is 2.16 bits per heavy atom. The van der Waals surface area contributed by atoms with Crippen LogP contribution >= 0.6 is 11.6 Å². The molecule has 0 aliphatic heterocycles. The van der Waals surface area contributed by atoms with E-state index >= 15 is 0 Å². The van der Waals surface area contributed by atoms with Crippen LogP contribution in [0.2, 0.25) is 5.02 Å². The van der Waals surface area contributed by atoms with Gasteiger partial charge < -0.3 is 19.7 Å². The van der Waals surface area contributed by atoms with Crippen molar-refractivity contribution in [3.8, 4) is 5.75 Å². The zero-order chi connectivity index (χ0) is 14.4. The second-order valence-corrected chi connectivity index (χ2v) is 4.57. The van der Waals surface area contributed by atoms with E-state index in [4.69, 9.17) is 31.3 Å². The summed E-state index contributed by atoms with van der Waals surface area (Å²) < 4.78 is 10.2. The predicted molar refractivity (Wildman–Crippen MR) is 70.3 cm³/mol. The number of hydrogen-bond donors (Lipinski definition) is 2. The Balaban J connectivity index is 2.54. The topological polar surface area (TPSA) is 76.0 Å². The molecule has 1 aromatic rings. The molecule has 106 valence electrons. The summed E-state index contributed by atoms with van der Waals surface area (Å²) in [6.45, 7) is 2.64. The molecule has 0 radical (unpaired) electrons. The number of aliphatic hydroxyl groups excluding tert-OH is 2. The maximum absolute atomic E-state index is 11.6. The summed E-state index contributed by atoms with van der Waals surface area (Å²) in [6, 6.07) is 5.06. The van der Waals surface area contributed by atoms with E-state index in [1.54, 1.807) is 25.1 Å². The van der Waals surface area contributed by atoms with E-state index in [1.807, 2.05) is 6.92 Å². The van der Waals surface area contributed by atoms with Crippen LogP contribution in [0.5, 0.6) is 5.75 Å². The first-order valence-corrected chi connectivity index (χ1v) is 6.20. The summed E-state index contributed by atoms with van der Waals surface area (Å²) in [5, 5.41) is 18.3. The Hall–Kier alpha value is -1.30. The number of aliphatic hydroxyl groups is 2. The quantitative estimate of drug-likeness (QED) is 0.772. The summed E-state index contributed by atoms with van der Waals surface area (Å²) in [6.07, 6.45) is -1.89. The van der Waals surface area contributed by atoms with E-state index in [-0.39, 0.29) is 6.61 Å². The van der Waals surface area contributed by atoms with Crippen molar-refractivity contribution < 1.29 is 24.5 Å². The Morgan fingerprint density at radius 1 is 1.47 bits per heavy atom. The highest BCUT2D eigenvalue weighted by Gasteiger charge is 2.18. The number of esters is 1. The van der Waals surface area contributed by atoms with Crippen LogP contribution in [-0.2, 0) is 9.53 Å². The molecule has 0 aromatic heterocycles. The Labute approximate surface area is 116 Å². The smallest absolute Gasteiger partial charge is 0.347 e. The van der Waals surface area contributed by atoms with Gasteiger partial charge in [-0.3, -0.25) is 0 Å². The van der Waals surface area contributed by atoms with Crippen molar-refractivity contribution in [1.82, 2.24) is 0 Å². The molecule has 19 heavy (non-hydrogen) atoms. The van der Waals surface area contributed by atoms with Gasteiger partial charge in [-0.1, -0.05) is 11.6 Å². The summed E-state index contributed by atoms with van der Waals surface area (Å²) in [7, 11) is 0. The minimum Gasteiger partial charge on any atom is -0.479 e. The van der Waals surface area contributed by atoms with Crippen LogP contribution in [0.15, 0.2) is 18.2 Å². The Kier molecular flexibility index (Phi) is 6.08. The molecule has 0 heterocycles. The fourth-order valence-electron chi connectivity index (χ4n) is 1.33. The van der Waals surface area contributed by atoms with Gasteiger partial charge in [0.25, 0.3) is 0 Å². The third kappa shape index (κ3) is 5.06. The number of rotatable bonds is 6. The molecule has 0 spiro atoms. The highest BCUT2D eigenvalue weighted by atomic mass is 35.5.